The van der Waals surface area contributed by atoms with Gasteiger partial charge in [0, 0.05) is 19.1 Å². The smallest absolute Gasteiger partial charge is 0.234 e. The lowest BCUT2D eigenvalue weighted by atomic mass is 10.2. The number of carbonyl (C=O) groups is 1. The number of benzene rings is 1. The van der Waals surface area contributed by atoms with E-state index < -0.39 is 0 Å². The molecule has 4 nitrogen and oxygen atoms in total. The van der Waals surface area contributed by atoms with Crippen LogP contribution in [0, 0.1) is 5.82 Å². The molecule has 1 amide bonds. The van der Waals surface area contributed by atoms with E-state index in [-0.39, 0.29) is 11.7 Å². The molecule has 2 N–H and O–H groups in total. The highest BCUT2D eigenvalue weighted by molar-refractivity contribution is 5.78. The van der Waals surface area contributed by atoms with Crippen LogP contribution in [0.5, 0.6) is 0 Å². The lowest BCUT2D eigenvalue weighted by Crippen LogP contribution is -2.43. The zero-order valence-corrected chi connectivity index (χ0v) is 11.9. The molecule has 1 fully saturated rings. The van der Waals surface area contributed by atoms with E-state index in [2.05, 4.69) is 15.5 Å². The number of carbonyl (C=O) groups excluding carboxylic acids is 1. The van der Waals surface area contributed by atoms with Crippen LogP contribution in [0.3, 0.4) is 0 Å². The minimum atomic E-state index is -0.257. The minimum Gasteiger partial charge on any atom is -0.351 e. The zero-order valence-electron chi connectivity index (χ0n) is 11.9. The second-order valence-corrected chi connectivity index (χ2v) is 5.23. The standard InChI is InChI=1S/C15H22FN3O/c1-17-10-14-3-2-8-19(14)11-15(20)18-9-12-4-6-13(16)7-5-12/h4-7,14,17H,2-3,8-11H2,1H3,(H,18,20). The van der Waals surface area contributed by atoms with Gasteiger partial charge in [0.15, 0.2) is 0 Å². The van der Waals surface area contributed by atoms with Crippen molar-refractivity contribution in [3.05, 3.63) is 35.6 Å². The Balaban J connectivity index is 1.76. The Kier molecular flexibility index (Phi) is 5.49. The van der Waals surface area contributed by atoms with Crippen molar-refractivity contribution in [2.75, 3.05) is 26.7 Å². The number of halogens is 1. The van der Waals surface area contributed by atoms with Crippen molar-refractivity contribution in [1.82, 2.24) is 15.5 Å². The van der Waals surface area contributed by atoms with Crippen LogP contribution in [-0.4, -0.2) is 43.5 Å². The number of hydrogen-bond donors (Lipinski definition) is 2. The molecule has 0 aliphatic carbocycles. The molecule has 5 heteroatoms. The second-order valence-electron chi connectivity index (χ2n) is 5.23. The first-order valence-electron chi connectivity index (χ1n) is 7.09. The average Bonchev–Trinajstić information content (AvgIpc) is 2.86. The molecule has 1 aliphatic rings. The Labute approximate surface area is 119 Å². The molecule has 1 aromatic rings. The molecule has 1 unspecified atom stereocenters. The van der Waals surface area contributed by atoms with Crippen molar-refractivity contribution in [2.24, 2.45) is 0 Å². The monoisotopic (exact) mass is 279 g/mol. The number of hydrogen-bond acceptors (Lipinski definition) is 3. The van der Waals surface area contributed by atoms with Gasteiger partial charge in [0.05, 0.1) is 6.54 Å². The van der Waals surface area contributed by atoms with Gasteiger partial charge in [0.1, 0.15) is 5.82 Å². The summed E-state index contributed by atoms with van der Waals surface area (Å²) in [5.74, 6) is -0.232. The van der Waals surface area contributed by atoms with Crippen LogP contribution in [-0.2, 0) is 11.3 Å². The van der Waals surface area contributed by atoms with E-state index in [1.807, 2.05) is 7.05 Å². The zero-order chi connectivity index (χ0) is 14.4. The van der Waals surface area contributed by atoms with Crippen LogP contribution in [0.15, 0.2) is 24.3 Å². The first kappa shape index (κ1) is 14.9. The Morgan fingerprint density at radius 1 is 1.40 bits per heavy atom. The number of likely N-dealkylation sites (tertiary alicyclic amines) is 1. The molecule has 1 atom stereocenters. The van der Waals surface area contributed by atoms with Gasteiger partial charge in [0.2, 0.25) is 5.91 Å². The van der Waals surface area contributed by atoms with E-state index in [1.165, 1.54) is 12.1 Å². The number of amides is 1. The Morgan fingerprint density at radius 2 is 2.15 bits per heavy atom. The maximum Gasteiger partial charge on any atom is 0.234 e. The van der Waals surface area contributed by atoms with Crippen molar-refractivity contribution in [3.63, 3.8) is 0 Å². The largest absolute Gasteiger partial charge is 0.351 e. The Bertz CT molecular complexity index is 435. The molecular weight excluding hydrogens is 257 g/mol. The van der Waals surface area contributed by atoms with Crippen LogP contribution >= 0.6 is 0 Å². The summed E-state index contributed by atoms with van der Waals surface area (Å²) < 4.78 is 12.8. The van der Waals surface area contributed by atoms with Gasteiger partial charge in [-0.1, -0.05) is 12.1 Å². The van der Waals surface area contributed by atoms with Gasteiger partial charge >= 0.3 is 0 Å². The molecular formula is C15H22FN3O. The molecule has 0 spiro atoms. The quantitative estimate of drug-likeness (QED) is 0.820. The fourth-order valence-electron chi connectivity index (χ4n) is 2.61. The summed E-state index contributed by atoms with van der Waals surface area (Å²) in [6.07, 6.45) is 2.30. The third kappa shape index (κ3) is 4.28. The maximum atomic E-state index is 12.8. The summed E-state index contributed by atoms with van der Waals surface area (Å²) in [6, 6.07) is 6.65. The second kappa shape index (κ2) is 7.36. The number of nitrogens with one attached hydrogen (secondary N) is 2. The molecule has 0 radical (unpaired) electrons. The topological polar surface area (TPSA) is 44.4 Å². The van der Waals surface area contributed by atoms with Crippen LogP contribution in [0.25, 0.3) is 0 Å². The summed E-state index contributed by atoms with van der Waals surface area (Å²) in [6.45, 7) is 2.79. The molecule has 20 heavy (non-hydrogen) atoms. The summed E-state index contributed by atoms with van der Waals surface area (Å²) in [4.78, 5) is 14.2. The highest BCUT2D eigenvalue weighted by Gasteiger charge is 2.25. The van der Waals surface area contributed by atoms with E-state index >= 15 is 0 Å². The van der Waals surface area contributed by atoms with Gasteiger partial charge in [-0.3, -0.25) is 9.69 Å². The average molecular weight is 279 g/mol. The van der Waals surface area contributed by atoms with Gasteiger partial charge < -0.3 is 10.6 Å². The van der Waals surface area contributed by atoms with E-state index in [9.17, 15) is 9.18 Å². The van der Waals surface area contributed by atoms with E-state index in [1.54, 1.807) is 12.1 Å². The molecule has 1 saturated heterocycles. The van der Waals surface area contributed by atoms with Gasteiger partial charge in [-0.2, -0.15) is 0 Å². The summed E-state index contributed by atoms with van der Waals surface area (Å²) in [7, 11) is 1.94. The Morgan fingerprint density at radius 3 is 2.85 bits per heavy atom. The SMILES string of the molecule is CNCC1CCCN1CC(=O)NCc1ccc(F)cc1. The van der Waals surface area contributed by atoms with Gasteiger partial charge in [-0.05, 0) is 44.1 Å². The highest BCUT2D eigenvalue weighted by atomic mass is 19.1. The van der Waals surface area contributed by atoms with Crippen molar-refractivity contribution in [1.29, 1.82) is 0 Å². The molecule has 1 heterocycles. The Hall–Kier alpha value is -1.46. The number of nitrogens with zero attached hydrogens (tertiary/aromatic N) is 1. The van der Waals surface area contributed by atoms with Crippen LogP contribution in [0.2, 0.25) is 0 Å². The third-order valence-electron chi connectivity index (χ3n) is 3.69. The van der Waals surface area contributed by atoms with Crippen molar-refractivity contribution in [2.45, 2.75) is 25.4 Å². The summed E-state index contributed by atoms with van der Waals surface area (Å²) >= 11 is 0. The molecule has 110 valence electrons. The van der Waals surface area contributed by atoms with Gasteiger partial charge in [-0.25, -0.2) is 4.39 Å². The van der Waals surface area contributed by atoms with Gasteiger partial charge in [-0.15, -0.1) is 0 Å². The van der Waals surface area contributed by atoms with E-state index in [0.717, 1.165) is 31.5 Å². The fourth-order valence-corrected chi connectivity index (χ4v) is 2.61. The number of rotatable bonds is 6. The normalized spacial score (nSPS) is 19.2. The molecule has 1 aliphatic heterocycles. The first-order valence-corrected chi connectivity index (χ1v) is 7.09. The molecule has 1 aromatic carbocycles. The van der Waals surface area contributed by atoms with E-state index in [0.29, 0.717) is 19.1 Å². The molecule has 0 bridgehead atoms. The minimum absolute atomic E-state index is 0.0253. The third-order valence-corrected chi connectivity index (χ3v) is 3.69. The lowest BCUT2D eigenvalue weighted by Gasteiger charge is -2.23. The van der Waals surface area contributed by atoms with E-state index in [4.69, 9.17) is 0 Å². The predicted octanol–water partition coefficient (Wildman–Crippen LogP) is 1.13. The lowest BCUT2D eigenvalue weighted by molar-refractivity contribution is -0.122. The maximum absolute atomic E-state index is 12.8. The first-order chi connectivity index (χ1) is 9.69. The van der Waals surface area contributed by atoms with Crippen LogP contribution < -0.4 is 10.6 Å². The molecule has 0 aromatic heterocycles. The summed E-state index contributed by atoms with van der Waals surface area (Å²) in [5, 5.41) is 6.05. The number of likely N-dealkylation sites (N-methyl/N-ethyl adjacent to an activating group) is 1. The van der Waals surface area contributed by atoms with Crippen molar-refractivity contribution < 1.29 is 9.18 Å². The molecule has 2 rings (SSSR count). The highest BCUT2D eigenvalue weighted by Crippen LogP contribution is 2.15. The van der Waals surface area contributed by atoms with Gasteiger partial charge in [0.25, 0.3) is 0 Å². The fraction of sp³-hybridized carbons (Fsp3) is 0.533. The van der Waals surface area contributed by atoms with Crippen molar-refractivity contribution >= 4 is 5.91 Å². The van der Waals surface area contributed by atoms with Crippen LogP contribution in [0.4, 0.5) is 4.39 Å². The van der Waals surface area contributed by atoms with Crippen molar-refractivity contribution in [3.8, 4) is 0 Å². The summed E-state index contributed by atoms with van der Waals surface area (Å²) in [5.41, 5.74) is 0.910. The molecule has 0 saturated carbocycles. The van der Waals surface area contributed by atoms with Crippen LogP contribution in [0.1, 0.15) is 18.4 Å². The predicted molar refractivity (Wildman–Crippen MR) is 76.8 cm³/mol.